The molecular formula is C38H42F2N6O3. The molecule has 0 atom stereocenters. The molecule has 2 fully saturated rings. The van der Waals surface area contributed by atoms with Crippen LogP contribution in [0.1, 0.15) is 45.5 Å². The van der Waals surface area contributed by atoms with E-state index in [-0.39, 0.29) is 30.6 Å². The number of likely N-dealkylation sites (N-methyl/N-ethyl adjacent to an activating group) is 1. The summed E-state index contributed by atoms with van der Waals surface area (Å²) in [5.41, 5.74) is 19.0. The molecule has 0 saturated carbocycles. The number of halogens is 2. The van der Waals surface area contributed by atoms with Crippen LogP contribution in [0.2, 0.25) is 0 Å². The third kappa shape index (κ3) is 8.25. The number of carbonyl (C=O) groups is 1. The van der Waals surface area contributed by atoms with Crippen LogP contribution in [0.5, 0.6) is 0 Å². The molecule has 2 aliphatic heterocycles. The smallest absolute Gasteiger partial charge is 0.281 e. The molecule has 0 bridgehead atoms. The molecule has 0 spiro atoms. The van der Waals surface area contributed by atoms with Gasteiger partial charge in [-0.1, -0.05) is 18.2 Å². The number of anilines is 3. The molecule has 11 heteroatoms. The summed E-state index contributed by atoms with van der Waals surface area (Å²) < 4.78 is 33.9. The van der Waals surface area contributed by atoms with Gasteiger partial charge in [0, 0.05) is 74.1 Å². The largest absolute Gasteiger partial charge is 0.398 e. The number of nitrogens with two attached hydrogens (primary N) is 2. The summed E-state index contributed by atoms with van der Waals surface area (Å²) in [4.78, 5) is 22.8. The number of piperazine rings is 1. The quantitative estimate of drug-likeness (QED) is 0.109. The molecule has 4 aromatic rings. The van der Waals surface area contributed by atoms with Gasteiger partial charge in [0.25, 0.3) is 5.91 Å². The lowest BCUT2D eigenvalue weighted by Gasteiger charge is -2.34. The number of amides is 1. The van der Waals surface area contributed by atoms with Gasteiger partial charge in [0.15, 0.2) is 0 Å². The summed E-state index contributed by atoms with van der Waals surface area (Å²) in [6.45, 7) is 4.81. The zero-order valence-electron chi connectivity index (χ0n) is 27.6. The Bertz CT molecular complexity index is 1830. The van der Waals surface area contributed by atoms with Crippen LogP contribution >= 0.6 is 0 Å². The van der Waals surface area contributed by atoms with Gasteiger partial charge in [-0.3, -0.25) is 4.79 Å². The van der Waals surface area contributed by atoms with Crippen LogP contribution in [0.25, 0.3) is 11.1 Å². The first-order valence-electron chi connectivity index (χ1n) is 16.5. The standard InChI is InChI=1S/C38H42F2N6O3/c1-45-9-11-46(12-10-45)31-5-6-32(36(21-31)43-30-7-13-49-14-8-30)38(48)44-37(42)34-19-27(16-25-17-28(39)20-29(40)18-25)33(22-35(34)41)26-4-2-3-24(15-26)23-47/h2-6,15,17-22,30,43,47H,7-14,16,23,41H2,1H3,(H2,42,44,48). The number of amidine groups is 1. The normalized spacial score (nSPS) is 16.2. The fourth-order valence-electron chi connectivity index (χ4n) is 6.46. The molecule has 1 amide bonds. The summed E-state index contributed by atoms with van der Waals surface area (Å²) >= 11 is 0. The van der Waals surface area contributed by atoms with Crippen LogP contribution in [0.4, 0.5) is 25.8 Å². The Morgan fingerprint density at radius 2 is 1.67 bits per heavy atom. The summed E-state index contributed by atoms with van der Waals surface area (Å²) in [6, 6.07) is 20.0. The Kier molecular flexibility index (Phi) is 10.5. The Labute approximate surface area is 285 Å². The van der Waals surface area contributed by atoms with Crippen molar-refractivity contribution < 1.29 is 23.4 Å². The average molecular weight is 669 g/mol. The van der Waals surface area contributed by atoms with Gasteiger partial charge in [0.1, 0.15) is 17.5 Å². The first kappa shape index (κ1) is 34.0. The van der Waals surface area contributed by atoms with Crippen molar-refractivity contribution in [2.75, 3.05) is 62.4 Å². The predicted molar refractivity (Wildman–Crippen MR) is 190 cm³/mol. The summed E-state index contributed by atoms with van der Waals surface area (Å²) in [6.07, 6.45) is 1.79. The highest BCUT2D eigenvalue weighted by Gasteiger charge is 2.22. The van der Waals surface area contributed by atoms with Crippen LogP contribution in [0.3, 0.4) is 0 Å². The number of aliphatic hydroxyl groups is 1. The molecule has 2 heterocycles. The predicted octanol–water partition coefficient (Wildman–Crippen LogP) is 5.19. The van der Waals surface area contributed by atoms with Crippen molar-refractivity contribution in [3.8, 4) is 11.1 Å². The van der Waals surface area contributed by atoms with E-state index >= 15 is 0 Å². The lowest BCUT2D eigenvalue weighted by Crippen LogP contribution is -2.44. The van der Waals surface area contributed by atoms with E-state index in [0.29, 0.717) is 52.3 Å². The molecule has 2 aliphatic rings. The maximum Gasteiger partial charge on any atom is 0.281 e. The van der Waals surface area contributed by atoms with Crippen LogP contribution in [-0.2, 0) is 17.8 Å². The molecule has 4 aromatic carbocycles. The number of aliphatic hydroxyl groups excluding tert-OH is 1. The molecule has 256 valence electrons. The molecule has 0 aliphatic carbocycles. The zero-order valence-corrected chi connectivity index (χ0v) is 27.6. The number of hydrogen-bond donors (Lipinski definition) is 4. The number of nitrogens with zero attached hydrogens (tertiary/aromatic N) is 3. The summed E-state index contributed by atoms with van der Waals surface area (Å²) in [7, 11) is 2.11. The van der Waals surface area contributed by atoms with Crippen LogP contribution < -0.4 is 21.7 Å². The molecule has 0 unspecified atom stereocenters. The van der Waals surface area contributed by atoms with Crippen molar-refractivity contribution in [2.45, 2.75) is 31.9 Å². The van der Waals surface area contributed by atoms with Crippen molar-refractivity contribution >= 4 is 28.8 Å². The molecule has 6 N–H and O–H groups in total. The molecule has 2 saturated heterocycles. The van der Waals surface area contributed by atoms with E-state index in [1.165, 1.54) is 12.1 Å². The minimum Gasteiger partial charge on any atom is -0.398 e. The van der Waals surface area contributed by atoms with E-state index in [4.69, 9.17) is 16.2 Å². The van der Waals surface area contributed by atoms with E-state index in [9.17, 15) is 18.7 Å². The van der Waals surface area contributed by atoms with Gasteiger partial charge in [0.05, 0.1) is 12.2 Å². The Balaban J connectivity index is 1.36. The third-order valence-corrected chi connectivity index (χ3v) is 9.19. The molecule has 49 heavy (non-hydrogen) atoms. The van der Waals surface area contributed by atoms with Crippen LogP contribution in [0.15, 0.2) is 77.8 Å². The molecular weight excluding hydrogens is 626 g/mol. The second-order valence-corrected chi connectivity index (χ2v) is 12.8. The number of nitrogen functional groups attached to an aromatic ring is 1. The van der Waals surface area contributed by atoms with Gasteiger partial charge >= 0.3 is 0 Å². The van der Waals surface area contributed by atoms with E-state index in [0.717, 1.165) is 56.3 Å². The fourth-order valence-corrected chi connectivity index (χ4v) is 6.46. The van der Waals surface area contributed by atoms with E-state index in [2.05, 4.69) is 27.2 Å². The Morgan fingerprint density at radius 3 is 2.39 bits per heavy atom. The van der Waals surface area contributed by atoms with Gasteiger partial charge in [-0.25, -0.2) is 8.78 Å². The molecule has 6 rings (SSSR count). The van der Waals surface area contributed by atoms with Crippen LogP contribution in [0, 0.1) is 11.6 Å². The van der Waals surface area contributed by atoms with Gasteiger partial charge in [-0.2, -0.15) is 4.99 Å². The van der Waals surface area contributed by atoms with Crippen molar-refractivity contribution in [3.05, 3.63) is 112 Å². The van der Waals surface area contributed by atoms with E-state index in [1.54, 1.807) is 24.3 Å². The number of nitrogens with one attached hydrogen (secondary N) is 1. The highest BCUT2D eigenvalue weighted by Crippen LogP contribution is 2.32. The number of carbonyl (C=O) groups excluding carboxylic acids is 1. The van der Waals surface area contributed by atoms with E-state index < -0.39 is 17.5 Å². The van der Waals surface area contributed by atoms with Crippen molar-refractivity contribution in [1.29, 1.82) is 0 Å². The minimum absolute atomic E-state index is 0.0787. The SMILES string of the molecule is CN1CCN(c2ccc(C(=O)N=C(N)c3cc(Cc4cc(F)cc(F)c4)c(-c4cccc(CO)c4)cc3N)c(NC3CCOCC3)c2)CC1. The zero-order chi connectivity index (χ0) is 34.5. The number of hydrogen-bond acceptors (Lipinski definition) is 7. The summed E-state index contributed by atoms with van der Waals surface area (Å²) in [5.74, 6) is -1.98. The Hall–Kier alpha value is -4.84. The topological polar surface area (TPSA) is 129 Å². The van der Waals surface area contributed by atoms with Gasteiger partial charge in [-0.15, -0.1) is 0 Å². The number of ether oxygens (including phenoxy) is 1. The number of rotatable bonds is 9. The monoisotopic (exact) mass is 668 g/mol. The second kappa shape index (κ2) is 15.1. The first-order valence-corrected chi connectivity index (χ1v) is 16.5. The Morgan fingerprint density at radius 1 is 0.939 bits per heavy atom. The lowest BCUT2D eigenvalue weighted by molar-refractivity contribution is 0.0904. The number of aliphatic imine (C=N–C) groups is 1. The second-order valence-electron chi connectivity index (χ2n) is 12.8. The minimum atomic E-state index is -0.690. The highest BCUT2D eigenvalue weighted by atomic mass is 19.1. The van der Waals surface area contributed by atoms with Gasteiger partial charge < -0.3 is 36.4 Å². The number of benzene rings is 4. The summed E-state index contributed by atoms with van der Waals surface area (Å²) in [5, 5.41) is 13.3. The molecule has 0 aromatic heterocycles. The van der Waals surface area contributed by atoms with E-state index in [1.807, 2.05) is 30.3 Å². The average Bonchev–Trinajstić information content (AvgIpc) is 3.09. The fraction of sp³-hybridized carbons (Fsp3) is 0.316. The third-order valence-electron chi connectivity index (χ3n) is 9.19. The molecule has 9 nitrogen and oxygen atoms in total. The first-order chi connectivity index (χ1) is 23.7. The maximum atomic E-state index is 14.2. The van der Waals surface area contributed by atoms with Crippen LogP contribution in [-0.4, -0.2) is 74.2 Å². The maximum absolute atomic E-state index is 14.2. The van der Waals surface area contributed by atoms with Crippen molar-refractivity contribution in [1.82, 2.24) is 4.90 Å². The van der Waals surface area contributed by atoms with Crippen molar-refractivity contribution in [3.63, 3.8) is 0 Å². The van der Waals surface area contributed by atoms with Gasteiger partial charge in [-0.05, 0) is 103 Å². The highest BCUT2D eigenvalue weighted by molar-refractivity contribution is 6.13. The van der Waals surface area contributed by atoms with Crippen molar-refractivity contribution in [2.24, 2.45) is 10.7 Å². The lowest BCUT2D eigenvalue weighted by atomic mass is 9.91. The molecule has 0 radical (unpaired) electrons. The van der Waals surface area contributed by atoms with Gasteiger partial charge in [0.2, 0.25) is 0 Å².